The molecule has 0 radical (unpaired) electrons. The molecule has 1 rings (SSSR count). The molecule has 2 unspecified atom stereocenters. The summed E-state index contributed by atoms with van der Waals surface area (Å²) in [5.41, 5.74) is 0.679. The van der Waals surface area contributed by atoms with E-state index < -0.39 is 17.9 Å². The number of carbonyl (C=O) groups is 2. The minimum atomic E-state index is -1.18. The Hall–Kier alpha value is -2.76. The van der Waals surface area contributed by atoms with Gasteiger partial charge in [0, 0.05) is 11.8 Å². The molecule has 130 valence electrons. The molecular weight excluding hydrogens is 312 g/mol. The van der Waals surface area contributed by atoms with Gasteiger partial charge in [-0.25, -0.2) is 9.59 Å². The summed E-state index contributed by atoms with van der Waals surface area (Å²) in [6, 6.07) is 2.95. The standard InChI is InChI=1S/C18H22O6/c1-5-23-9-11(3)13-7-8-14(17(19)20)15(16(13)18(21)22)12(4)10-24-6-2/h5-8,11-12H,1-2,9-10H2,3-4H3,(H,19,20)(H,21,22). The summed E-state index contributed by atoms with van der Waals surface area (Å²) in [6.07, 6.45) is 2.52. The number of benzene rings is 1. The highest BCUT2D eigenvalue weighted by Gasteiger charge is 2.28. The smallest absolute Gasteiger partial charge is 0.336 e. The van der Waals surface area contributed by atoms with Gasteiger partial charge < -0.3 is 19.7 Å². The van der Waals surface area contributed by atoms with Crippen molar-refractivity contribution in [2.45, 2.75) is 25.7 Å². The molecule has 6 heteroatoms. The van der Waals surface area contributed by atoms with Crippen molar-refractivity contribution in [1.82, 2.24) is 0 Å². The van der Waals surface area contributed by atoms with E-state index in [-0.39, 0.29) is 35.8 Å². The predicted octanol–water partition coefficient (Wildman–Crippen LogP) is 3.61. The van der Waals surface area contributed by atoms with Crippen LogP contribution in [0.5, 0.6) is 0 Å². The van der Waals surface area contributed by atoms with Crippen LogP contribution in [0.15, 0.2) is 37.8 Å². The van der Waals surface area contributed by atoms with Crippen LogP contribution in [-0.2, 0) is 9.47 Å². The van der Waals surface area contributed by atoms with Crippen LogP contribution >= 0.6 is 0 Å². The first-order chi connectivity index (χ1) is 11.3. The molecule has 0 saturated heterocycles. The van der Waals surface area contributed by atoms with Crippen molar-refractivity contribution >= 4 is 11.9 Å². The van der Waals surface area contributed by atoms with Crippen molar-refractivity contribution in [3.05, 3.63) is 60.1 Å². The van der Waals surface area contributed by atoms with Gasteiger partial charge in [0.15, 0.2) is 0 Å². The zero-order valence-corrected chi connectivity index (χ0v) is 13.8. The maximum Gasteiger partial charge on any atom is 0.336 e. The molecule has 0 heterocycles. The largest absolute Gasteiger partial charge is 0.501 e. The van der Waals surface area contributed by atoms with E-state index in [1.54, 1.807) is 13.8 Å². The van der Waals surface area contributed by atoms with Gasteiger partial charge >= 0.3 is 11.9 Å². The second kappa shape index (κ2) is 8.76. The molecule has 0 aliphatic heterocycles. The summed E-state index contributed by atoms with van der Waals surface area (Å²) in [6.45, 7) is 10.8. The van der Waals surface area contributed by atoms with Crippen molar-refractivity contribution in [3.8, 4) is 0 Å². The predicted molar refractivity (Wildman–Crippen MR) is 89.5 cm³/mol. The lowest BCUT2D eigenvalue weighted by atomic mass is 9.84. The third-order valence-corrected chi connectivity index (χ3v) is 3.67. The van der Waals surface area contributed by atoms with Gasteiger partial charge in [-0.05, 0) is 17.2 Å². The van der Waals surface area contributed by atoms with Gasteiger partial charge in [0.2, 0.25) is 0 Å². The molecule has 1 aromatic rings. The summed E-state index contributed by atoms with van der Waals surface area (Å²) in [5.74, 6) is -3.05. The van der Waals surface area contributed by atoms with Gasteiger partial charge in [0.1, 0.15) is 0 Å². The van der Waals surface area contributed by atoms with Gasteiger partial charge in [-0.1, -0.05) is 33.1 Å². The van der Waals surface area contributed by atoms with Crippen molar-refractivity contribution in [3.63, 3.8) is 0 Å². The van der Waals surface area contributed by atoms with Crippen LogP contribution in [0.3, 0.4) is 0 Å². The third-order valence-electron chi connectivity index (χ3n) is 3.67. The topological polar surface area (TPSA) is 93.1 Å². The first kappa shape index (κ1) is 19.3. The highest BCUT2D eigenvalue weighted by Crippen LogP contribution is 2.32. The molecule has 0 aliphatic carbocycles. The number of carboxylic acids is 2. The first-order valence-electron chi connectivity index (χ1n) is 7.43. The summed E-state index contributed by atoms with van der Waals surface area (Å²) >= 11 is 0. The lowest BCUT2D eigenvalue weighted by Crippen LogP contribution is -2.19. The molecule has 0 amide bonds. The fourth-order valence-electron chi connectivity index (χ4n) is 2.58. The van der Waals surface area contributed by atoms with Crippen molar-refractivity contribution < 1.29 is 29.3 Å². The summed E-state index contributed by atoms with van der Waals surface area (Å²) in [7, 11) is 0. The van der Waals surface area contributed by atoms with Crippen LogP contribution in [0.4, 0.5) is 0 Å². The minimum Gasteiger partial charge on any atom is -0.501 e. The summed E-state index contributed by atoms with van der Waals surface area (Å²) in [5, 5.41) is 19.1. The molecule has 24 heavy (non-hydrogen) atoms. The molecule has 0 aliphatic rings. The summed E-state index contributed by atoms with van der Waals surface area (Å²) < 4.78 is 10.3. The van der Waals surface area contributed by atoms with E-state index in [2.05, 4.69) is 13.2 Å². The van der Waals surface area contributed by atoms with Crippen LogP contribution in [0.1, 0.15) is 57.5 Å². The van der Waals surface area contributed by atoms with E-state index in [0.717, 1.165) is 0 Å². The number of hydrogen-bond acceptors (Lipinski definition) is 4. The molecule has 2 N–H and O–H groups in total. The fourth-order valence-corrected chi connectivity index (χ4v) is 2.58. The third kappa shape index (κ3) is 4.38. The Kier molecular flexibility index (Phi) is 7.04. The van der Waals surface area contributed by atoms with Crippen molar-refractivity contribution in [1.29, 1.82) is 0 Å². The zero-order valence-electron chi connectivity index (χ0n) is 13.8. The zero-order chi connectivity index (χ0) is 18.3. The van der Waals surface area contributed by atoms with Gasteiger partial charge in [-0.3, -0.25) is 0 Å². The maximum atomic E-state index is 11.9. The van der Waals surface area contributed by atoms with Gasteiger partial charge in [0.25, 0.3) is 0 Å². The highest BCUT2D eigenvalue weighted by molar-refractivity contribution is 5.98. The Bertz CT molecular complexity index is 635. The number of aromatic carboxylic acids is 2. The molecule has 0 aromatic heterocycles. The maximum absolute atomic E-state index is 11.9. The van der Waals surface area contributed by atoms with Crippen molar-refractivity contribution in [2.24, 2.45) is 0 Å². The van der Waals surface area contributed by atoms with E-state index in [1.807, 2.05) is 0 Å². The molecule has 2 atom stereocenters. The normalized spacial score (nSPS) is 12.8. The lowest BCUT2D eigenvalue weighted by Gasteiger charge is -2.22. The molecular formula is C18H22O6. The van der Waals surface area contributed by atoms with Crippen LogP contribution in [0.25, 0.3) is 0 Å². The SMILES string of the molecule is C=COCC(C)c1ccc(C(=O)O)c(C(C)COC=C)c1C(=O)O. The Labute approximate surface area is 141 Å². The Morgan fingerprint density at radius 2 is 1.58 bits per heavy atom. The Balaban J connectivity index is 3.53. The van der Waals surface area contributed by atoms with Crippen LogP contribution in [0, 0.1) is 0 Å². The Morgan fingerprint density at radius 3 is 2.04 bits per heavy atom. The molecule has 0 spiro atoms. The van der Waals surface area contributed by atoms with E-state index in [9.17, 15) is 19.8 Å². The monoisotopic (exact) mass is 334 g/mol. The van der Waals surface area contributed by atoms with Crippen LogP contribution < -0.4 is 0 Å². The van der Waals surface area contributed by atoms with Crippen molar-refractivity contribution in [2.75, 3.05) is 13.2 Å². The lowest BCUT2D eigenvalue weighted by molar-refractivity contribution is 0.0691. The minimum absolute atomic E-state index is 0.0183. The molecule has 1 aromatic carbocycles. The molecule has 0 saturated carbocycles. The van der Waals surface area contributed by atoms with E-state index >= 15 is 0 Å². The van der Waals surface area contributed by atoms with E-state index in [0.29, 0.717) is 5.56 Å². The van der Waals surface area contributed by atoms with E-state index in [4.69, 9.17) is 9.47 Å². The highest BCUT2D eigenvalue weighted by atomic mass is 16.5. The molecule has 0 fully saturated rings. The number of ether oxygens (including phenoxy) is 2. The Morgan fingerprint density at radius 1 is 1.04 bits per heavy atom. The quantitative estimate of drug-likeness (QED) is 0.635. The van der Waals surface area contributed by atoms with Gasteiger partial charge in [0.05, 0.1) is 36.9 Å². The number of hydrogen-bond donors (Lipinski definition) is 2. The van der Waals surface area contributed by atoms with Crippen LogP contribution in [-0.4, -0.2) is 35.4 Å². The fraction of sp³-hybridized carbons (Fsp3) is 0.333. The first-order valence-corrected chi connectivity index (χ1v) is 7.43. The second-order valence-electron chi connectivity index (χ2n) is 5.40. The van der Waals surface area contributed by atoms with Crippen LogP contribution in [0.2, 0.25) is 0 Å². The summed E-state index contributed by atoms with van der Waals surface area (Å²) in [4.78, 5) is 23.4. The second-order valence-corrected chi connectivity index (χ2v) is 5.40. The number of carboxylic acid groups (broad SMARTS) is 2. The molecule has 0 bridgehead atoms. The van der Waals surface area contributed by atoms with E-state index in [1.165, 1.54) is 24.7 Å². The average Bonchev–Trinajstić information content (AvgIpc) is 2.55. The number of rotatable bonds is 10. The van der Waals surface area contributed by atoms with Gasteiger partial charge in [-0.15, -0.1) is 0 Å². The van der Waals surface area contributed by atoms with Gasteiger partial charge in [-0.2, -0.15) is 0 Å². The average molecular weight is 334 g/mol. The molecule has 6 nitrogen and oxygen atoms in total.